The molecule has 0 N–H and O–H groups in total. The molecule has 0 spiro atoms. The molecule has 4 nitrogen and oxygen atoms in total. The minimum absolute atomic E-state index is 0.00664. The van der Waals surface area contributed by atoms with E-state index in [1.54, 1.807) is 32.4 Å². The fourth-order valence-electron chi connectivity index (χ4n) is 3.14. The van der Waals surface area contributed by atoms with Crippen LogP contribution in [0.4, 0.5) is 0 Å². The molecule has 0 bridgehead atoms. The summed E-state index contributed by atoms with van der Waals surface area (Å²) >= 11 is 1.81. The zero-order chi connectivity index (χ0) is 18.0. The second-order valence-corrected chi connectivity index (χ2v) is 7.37. The van der Waals surface area contributed by atoms with Gasteiger partial charge in [-0.15, -0.1) is 11.8 Å². The van der Waals surface area contributed by atoms with Crippen LogP contribution in [0, 0.1) is 13.8 Å². The van der Waals surface area contributed by atoms with Crippen LogP contribution in [0.15, 0.2) is 36.4 Å². The van der Waals surface area contributed by atoms with Gasteiger partial charge in [0, 0.05) is 23.9 Å². The fourth-order valence-corrected chi connectivity index (χ4v) is 4.49. The maximum atomic E-state index is 13.1. The van der Waals surface area contributed by atoms with Crippen LogP contribution in [0.2, 0.25) is 0 Å². The lowest BCUT2D eigenvalue weighted by molar-refractivity contribution is 0.0759. The van der Waals surface area contributed by atoms with Gasteiger partial charge in [-0.1, -0.05) is 23.8 Å². The van der Waals surface area contributed by atoms with Crippen molar-refractivity contribution in [1.29, 1.82) is 0 Å². The Morgan fingerprint density at radius 3 is 2.36 bits per heavy atom. The lowest BCUT2D eigenvalue weighted by atomic mass is 10.0. The van der Waals surface area contributed by atoms with E-state index in [1.165, 1.54) is 16.7 Å². The van der Waals surface area contributed by atoms with E-state index in [9.17, 15) is 4.79 Å². The minimum atomic E-state index is 0.00664. The Bertz CT molecular complexity index is 768. The van der Waals surface area contributed by atoms with E-state index < -0.39 is 0 Å². The first-order valence-electron chi connectivity index (χ1n) is 8.26. The van der Waals surface area contributed by atoms with Crippen molar-refractivity contribution in [3.8, 4) is 11.5 Å². The van der Waals surface area contributed by atoms with Gasteiger partial charge in [0.1, 0.15) is 16.9 Å². The summed E-state index contributed by atoms with van der Waals surface area (Å²) in [6.07, 6.45) is 0. The van der Waals surface area contributed by atoms with Gasteiger partial charge in [-0.25, -0.2) is 0 Å². The van der Waals surface area contributed by atoms with Crippen LogP contribution in [-0.2, 0) is 0 Å². The molecule has 5 heteroatoms. The van der Waals surface area contributed by atoms with E-state index in [1.807, 2.05) is 16.7 Å². The van der Waals surface area contributed by atoms with Crippen molar-refractivity contribution in [2.45, 2.75) is 19.2 Å². The van der Waals surface area contributed by atoms with Crippen LogP contribution in [-0.4, -0.2) is 37.3 Å². The van der Waals surface area contributed by atoms with Crippen LogP contribution in [0.3, 0.4) is 0 Å². The van der Waals surface area contributed by atoms with Gasteiger partial charge in [-0.2, -0.15) is 0 Å². The normalized spacial score (nSPS) is 16.8. The molecular weight excluding hydrogens is 334 g/mol. The largest absolute Gasteiger partial charge is 0.497 e. The summed E-state index contributed by atoms with van der Waals surface area (Å²) in [7, 11) is 3.18. The topological polar surface area (TPSA) is 38.8 Å². The van der Waals surface area contributed by atoms with Crippen LogP contribution < -0.4 is 9.47 Å². The molecule has 2 aromatic carbocycles. The third kappa shape index (κ3) is 3.61. The maximum absolute atomic E-state index is 13.1. The van der Waals surface area contributed by atoms with Crippen molar-refractivity contribution in [3.05, 3.63) is 58.7 Å². The minimum Gasteiger partial charge on any atom is -0.497 e. The van der Waals surface area contributed by atoms with Gasteiger partial charge in [0.2, 0.25) is 0 Å². The molecule has 1 heterocycles. The highest BCUT2D eigenvalue weighted by Gasteiger charge is 2.32. The number of benzene rings is 2. The molecule has 0 aromatic heterocycles. The van der Waals surface area contributed by atoms with Gasteiger partial charge in [-0.3, -0.25) is 4.79 Å². The average Bonchev–Trinajstić information content (AvgIpc) is 3.09. The predicted molar refractivity (Wildman–Crippen MR) is 102 cm³/mol. The molecule has 2 aromatic rings. The Kier molecular flexibility index (Phi) is 5.23. The molecule has 3 rings (SSSR count). The Hall–Kier alpha value is -2.14. The smallest absolute Gasteiger partial charge is 0.255 e. The Morgan fingerprint density at radius 1 is 1.08 bits per heavy atom. The van der Waals surface area contributed by atoms with Gasteiger partial charge in [0.15, 0.2) is 0 Å². The molecule has 1 saturated heterocycles. The predicted octanol–water partition coefficient (Wildman–Crippen LogP) is 4.21. The zero-order valence-corrected chi connectivity index (χ0v) is 15.9. The summed E-state index contributed by atoms with van der Waals surface area (Å²) in [4.78, 5) is 15.1. The Labute approximate surface area is 153 Å². The number of amides is 1. The van der Waals surface area contributed by atoms with Crippen molar-refractivity contribution in [2.24, 2.45) is 0 Å². The van der Waals surface area contributed by atoms with Gasteiger partial charge >= 0.3 is 0 Å². The van der Waals surface area contributed by atoms with Crippen molar-refractivity contribution in [3.63, 3.8) is 0 Å². The molecule has 0 saturated carbocycles. The number of ether oxygens (including phenoxy) is 2. The lowest BCUT2D eigenvalue weighted by Crippen LogP contribution is -2.30. The molecule has 25 heavy (non-hydrogen) atoms. The highest BCUT2D eigenvalue weighted by molar-refractivity contribution is 7.99. The number of thioether (sulfide) groups is 1. The SMILES string of the molecule is COc1cc(OC)cc(C(=O)N2CCSC2c2ccc(C)cc2C)c1. The molecular formula is C20H23NO3S. The highest BCUT2D eigenvalue weighted by Crippen LogP contribution is 2.40. The monoisotopic (exact) mass is 357 g/mol. The number of nitrogens with zero attached hydrogens (tertiary/aromatic N) is 1. The maximum Gasteiger partial charge on any atom is 0.255 e. The van der Waals surface area contributed by atoms with E-state index in [0.29, 0.717) is 17.1 Å². The van der Waals surface area contributed by atoms with Gasteiger partial charge in [0.25, 0.3) is 5.91 Å². The Balaban J connectivity index is 1.93. The molecule has 1 fully saturated rings. The third-order valence-electron chi connectivity index (χ3n) is 4.44. The lowest BCUT2D eigenvalue weighted by Gasteiger charge is -2.26. The number of carbonyl (C=O) groups is 1. The highest BCUT2D eigenvalue weighted by atomic mass is 32.2. The van der Waals surface area contributed by atoms with E-state index in [-0.39, 0.29) is 11.3 Å². The first-order valence-corrected chi connectivity index (χ1v) is 9.31. The summed E-state index contributed by atoms with van der Waals surface area (Å²) in [5, 5.41) is 0.0466. The van der Waals surface area contributed by atoms with Gasteiger partial charge < -0.3 is 14.4 Å². The van der Waals surface area contributed by atoms with Gasteiger partial charge in [-0.05, 0) is 37.1 Å². The van der Waals surface area contributed by atoms with E-state index >= 15 is 0 Å². The second kappa shape index (κ2) is 7.40. The van der Waals surface area contributed by atoms with E-state index in [4.69, 9.17) is 9.47 Å². The number of aryl methyl sites for hydroxylation is 2. The van der Waals surface area contributed by atoms with Gasteiger partial charge in [0.05, 0.1) is 14.2 Å². The average molecular weight is 357 g/mol. The van der Waals surface area contributed by atoms with Crippen molar-refractivity contribution in [1.82, 2.24) is 4.90 Å². The summed E-state index contributed by atoms with van der Waals surface area (Å²) in [6.45, 7) is 4.93. The Morgan fingerprint density at radius 2 is 1.76 bits per heavy atom. The summed E-state index contributed by atoms with van der Waals surface area (Å²) in [5.74, 6) is 2.19. The van der Waals surface area contributed by atoms with Crippen LogP contribution in [0.25, 0.3) is 0 Å². The van der Waals surface area contributed by atoms with Crippen LogP contribution >= 0.6 is 11.8 Å². The summed E-state index contributed by atoms with van der Waals surface area (Å²) < 4.78 is 10.6. The van der Waals surface area contributed by atoms with Crippen molar-refractivity contribution >= 4 is 17.7 Å². The standard InChI is InChI=1S/C20H23NO3S/c1-13-5-6-18(14(2)9-13)20-21(7-8-25-20)19(22)15-10-16(23-3)12-17(11-15)24-4/h5-6,9-12,20H,7-8H2,1-4H3. The third-order valence-corrected chi connectivity index (χ3v) is 5.68. The molecule has 0 aliphatic carbocycles. The number of hydrogen-bond acceptors (Lipinski definition) is 4. The molecule has 0 radical (unpaired) electrons. The number of carbonyl (C=O) groups excluding carboxylic acids is 1. The van der Waals surface area contributed by atoms with E-state index in [2.05, 4.69) is 32.0 Å². The van der Waals surface area contributed by atoms with Crippen LogP contribution in [0.5, 0.6) is 11.5 Å². The first kappa shape index (κ1) is 17.7. The van der Waals surface area contributed by atoms with Crippen LogP contribution in [0.1, 0.15) is 32.4 Å². The molecule has 1 unspecified atom stereocenters. The molecule has 1 amide bonds. The number of rotatable bonds is 4. The molecule has 1 aliphatic heterocycles. The second-order valence-electron chi connectivity index (χ2n) is 6.18. The molecule has 1 aliphatic rings. The summed E-state index contributed by atoms with van der Waals surface area (Å²) in [6, 6.07) is 11.7. The van der Waals surface area contributed by atoms with Crippen molar-refractivity contribution < 1.29 is 14.3 Å². The number of hydrogen-bond donors (Lipinski definition) is 0. The summed E-state index contributed by atoms with van der Waals surface area (Å²) in [5.41, 5.74) is 4.25. The first-order chi connectivity index (χ1) is 12.0. The molecule has 1 atom stereocenters. The number of methoxy groups -OCH3 is 2. The molecule has 132 valence electrons. The van der Waals surface area contributed by atoms with E-state index in [0.717, 1.165) is 12.3 Å². The fraction of sp³-hybridized carbons (Fsp3) is 0.350. The van der Waals surface area contributed by atoms with Crippen molar-refractivity contribution in [2.75, 3.05) is 26.5 Å². The quantitative estimate of drug-likeness (QED) is 0.822. The zero-order valence-electron chi connectivity index (χ0n) is 15.0.